The summed E-state index contributed by atoms with van der Waals surface area (Å²) in [5.41, 5.74) is 0. The minimum absolute atomic E-state index is 0.0345. The van der Waals surface area contributed by atoms with Crippen LogP contribution in [0, 0.1) is 5.82 Å². The van der Waals surface area contributed by atoms with Crippen molar-refractivity contribution in [3.05, 3.63) is 24.1 Å². The molecule has 3 N–H and O–H groups in total. The minimum atomic E-state index is -0.303. The second-order valence-corrected chi connectivity index (χ2v) is 7.48. The van der Waals surface area contributed by atoms with Gasteiger partial charge in [-0.3, -0.25) is 4.79 Å². The Hall–Kier alpha value is -2.38. The van der Waals surface area contributed by atoms with Gasteiger partial charge in [0.25, 0.3) is 0 Å². The Kier molecular flexibility index (Phi) is 7.45. The van der Waals surface area contributed by atoms with Crippen LogP contribution in [0.4, 0.5) is 10.2 Å². The van der Waals surface area contributed by atoms with E-state index < -0.39 is 0 Å². The first-order valence-corrected chi connectivity index (χ1v) is 10.4. The number of anilines is 1. The number of carbonyl (C=O) groups is 1. The highest BCUT2D eigenvalue weighted by Gasteiger charge is 2.26. The van der Waals surface area contributed by atoms with E-state index in [1.54, 1.807) is 12.3 Å². The molecular formula is C20H31FN6O. The van der Waals surface area contributed by atoms with Crippen molar-refractivity contribution in [3.63, 3.8) is 0 Å². The van der Waals surface area contributed by atoms with Crippen LogP contribution in [0.2, 0.25) is 0 Å². The fraction of sp³-hybridized carbons (Fsp3) is 0.650. The van der Waals surface area contributed by atoms with Crippen molar-refractivity contribution >= 4 is 17.7 Å². The monoisotopic (exact) mass is 390 g/mol. The third-order valence-electron chi connectivity index (χ3n) is 5.26. The first-order valence-electron chi connectivity index (χ1n) is 10.4. The molecule has 28 heavy (non-hydrogen) atoms. The van der Waals surface area contributed by atoms with Gasteiger partial charge in [0.2, 0.25) is 5.91 Å². The van der Waals surface area contributed by atoms with Gasteiger partial charge in [-0.2, -0.15) is 0 Å². The van der Waals surface area contributed by atoms with Crippen molar-refractivity contribution in [1.82, 2.24) is 20.9 Å². The smallest absolute Gasteiger partial charge is 0.242 e. The number of rotatable bonds is 6. The zero-order chi connectivity index (χ0) is 19.8. The van der Waals surface area contributed by atoms with Crippen LogP contribution in [-0.2, 0) is 4.79 Å². The molecule has 0 spiro atoms. The van der Waals surface area contributed by atoms with Crippen molar-refractivity contribution in [2.75, 3.05) is 31.1 Å². The maximum atomic E-state index is 13.9. The number of carbonyl (C=O) groups excluding carboxylic acids is 1. The molecule has 1 aliphatic heterocycles. The molecule has 1 aromatic rings. The normalized spacial score (nSPS) is 20.9. The quantitative estimate of drug-likeness (QED) is 0.510. The van der Waals surface area contributed by atoms with Gasteiger partial charge in [-0.1, -0.05) is 19.3 Å². The predicted octanol–water partition coefficient (Wildman–Crippen LogP) is 1.80. The largest absolute Gasteiger partial charge is 0.357 e. The predicted molar refractivity (Wildman–Crippen MR) is 109 cm³/mol. The maximum absolute atomic E-state index is 13.9. The van der Waals surface area contributed by atoms with Gasteiger partial charge in [0.1, 0.15) is 6.54 Å². The second-order valence-electron chi connectivity index (χ2n) is 7.48. The molecule has 1 unspecified atom stereocenters. The Labute approximate surface area is 166 Å². The van der Waals surface area contributed by atoms with Crippen LogP contribution in [0.25, 0.3) is 0 Å². The molecule has 8 heteroatoms. The molecule has 1 aromatic heterocycles. The van der Waals surface area contributed by atoms with E-state index in [1.807, 2.05) is 11.8 Å². The van der Waals surface area contributed by atoms with Crippen LogP contribution >= 0.6 is 0 Å². The lowest BCUT2D eigenvalue weighted by Gasteiger charge is -2.22. The molecule has 0 radical (unpaired) electrons. The minimum Gasteiger partial charge on any atom is -0.357 e. The summed E-state index contributed by atoms with van der Waals surface area (Å²) in [5.74, 6) is 0.672. The van der Waals surface area contributed by atoms with Crippen molar-refractivity contribution in [2.24, 2.45) is 4.99 Å². The SMILES string of the molecule is CCNC(=NCC(=O)NC1CCCCC1)NC1CCN(c2ncccc2F)C1. The van der Waals surface area contributed by atoms with E-state index in [0.717, 1.165) is 25.8 Å². The number of hydrogen-bond donors (Lipinski definition) is 3. The van der Waals surface area contributed by atoms with Crippen molar-refractivity contribution in [3.8, 4) is 0 Å². The standard InChI is InChI=1S/C20H31FN6O/c1-2-22-20(24-13-18(28)25-15-7-4-3-5-8-15)26-16-10-12-27(14-16)19-17(21)9-6-11-23-19/h6,9,11,15-16H,2-5,7-8,10,12-14H2,1H3,(H,25,28)(H2,22,24,26). The lowest BCUT2D eigenvalue weighted by atomic mass is 9.95. The average molecular weight is 391 g/mol. The molecule has 0 aromatic carbocycles. The fourth-order valence-corrected chi connectivity index (χ4v) is 3.86. The van der Waals surface area contributed by atoms with E-state index in [1.165, 1.54) is 25.3 Å². The van der Waals surface area contributed by atoms with Gasteiger partial charge >= 0.3 is 0 Å². The molecule has 1 saturated carbocycles. The number of nitrogens with one attached hydrogen (secondary N) is 3. The Morgan fingerprint density at radius 1 is 1.25 bits per heavy atom. The molecule has 2 heterocycles. The Morgan fingerprint density at radius 2 is 2.07 bits per heavy atom. The lowest BCUT2D eigenvalue weighted by Crippen LogP contribution is -2.45. The summed E-state index contributed by atoms with van der Waals surface area (Å²) in [4.78, 5) is 22.7. The first kappa shape index (κ1) is 20.4. The summed E-state index contributed by atoms with van der Waals surface area (Å²) in [6.07, 6.45) is 8.23. The summed E-state index contributed by atoms with van der Waals surface area (Å²) >= 11 is 0. The lowest BCUT2D eigenvalue weighted by molar-refractivity contribution is -0.120. The zero-order valence-electron chi connectivity index (χ0n) is 16.6. The Balaban J connectivity index is 1.50. The molecule has 1 amide bonds. The second kappa shape index (κ2) is 10.2. The van der Waals surface area contributed by atoms with Crippen LogP contribution in [-0.4, -0.2) is 55.1 Å². The molecule has 154 valence electrons. The van der Waals surface area contributed by atoms with Crippen molar-refractivity contribution in [1.29, 1.82) is 0 Å². The summed E-state index contributed by atoms with van der Waals surface area (Å²) in [6.45, 7) is 4.18. The topological polar surface area (TPSA) is 81.6 Å². The molecule has 1 aliphatic carbocycles. The number of pyridine rings is 1. The van der Waals surface area contributed by atoms with Crippen molar-refractivity contribution in [2.45, 2.75) is 57.5 Å². The number of nitrogens with zero attached hydrogens (tertiary/aromatic N) is 3. The highest BCUT2D eigenvalue weighted by Crippen LogP contribution is 2.20. The van der Waals surface area contributed by atoms with E-state index in [0.29, 0.717) is 30.9 Å². The molecule has 1 atom stereocenters. The van der Waals surface area contributed by atoms with Crippen LogP contribution < -0.4 is 20.9 Å². The third-order valence-corrected chi connectivity index (χ3v) is 5.26. The molecule has 7 nitrogen and oxygen atoms in total. The van der Waals surface area contributed by atoms with E-state index in [-0.39, 0.29) is 24.3 Å². The van der Waals surface area contributed by atoms with E-state index in [9.17, 15) is 9.18 Å². The number of aliphatic imine (C=N–C) groups is 1. The molecule has 2 fully saturated rings. The number of halogens is 1. The van der Waals surface area contributed by atoms with Gasteiger partial charge in [0.05, 0.1) is 0 Å². The van der Waals surface area contributed by atoms with Gasteiger partial charge in [-0.15, -0.1) is 0 Å². The zero-order valence-corrected chi connectivity index (χ0v) is 16.6. The van der Waals surface area contributed by atoms with Gasteiger partial charge in [0, 0.05) is 37.9 Å². The van der Waals surface area contributed by atoms with Gasteiger partial charge in [0.15, 0.2) is 17.6 Å². The van der Waals surface area contributed by atoms with Gasteiger partial charge in [-0.05, 0) is 38.3 Å². The Bertz CT molecular complexity index is 676. The van der Waals surface area contributed by atoms with E-state index in [4.69, 9.17) is 0 Å². The first-order chi connectivity index (χ1) is 13.7. The average Bonchev–Trinajstić information content (AvgIpc) is 3.16. The molecule has 3 rings (SSSR count). The summed E-state index contributed by atoms with van der Waals surface area (Å²) in [6, 6.07) is 3.45. The van der Waals surface area contributed by atoms with Crippen LogP contribution in [0.15, 0.2) is 23.3 Å². The Morgan fingerprint density at radius 3 is 2.82 bits per heavy atom. The molecular weight excluding hydrogens is 359 g/mol. The van der Waals surface area contributed by atoms with E-state index >= 15 is 0 Å². The summed E-state index contributed by atoms with van der Waals surface area (Å²) in [7, 11) is 0. The third kappa shape index (κ3) is 5.81. The maximum Gasteiger partial charge on any atom is 0.242 e. The highest BCUT2D eigenvalue weighted by atomic mass is 19.1. The van der Waals surface area contributed by atoms with E-state index in [2.05, 4.69) is 25.9 Å². The number of hydrogen-bond acceptors (Lipinski definition) is 4. The number of guanidine groups is 1. The van der Waals surface area contributed by atoms with Crippen molar-refractivity contribution < 1.29 is 9.18 Å². The molecule has 1 saturated heterocycles. The van der Waals surface area contributed by atoms with Crippen LogP contribution in [0.3, 0.4) is 0 Å². The van der Waals surface area contributed by atoms with Crippen LogP contribution in [0.1, 0.15) is 45.4 Å². The molecule has 2 aliphatic rings. The van der Waals surface area contributed by atoms with Crippen LogP contribution in [0.5, 0.6) is 0 Å². The van der Waals surface area contributed by atoms with Gasteiger partial charge in [-0.25, -0.2) is 14.4 Å². The highest BCUT2D eigenvalue weighted by molar-refractivity contribution is 5.85. The number of amides is 1. The van der Waals surface area contributed by atoms with Gasteiger partial charge < -0.3 is 20.9 Å². The summed E-state index contributed by atoms with van der Waals surface area (Å²) < 4.78 is 13.9. The molecule has 0 bridgehead atoms. The summed E-state index contributed by atoms with van der Waals surface area (Å²) in [5, 5.41) is 9.63. The fourth-order valence-electron chi connectivity index (χ4n) is 3.86. The number of aromatic nitrogens is 1.